The number of thioether (sulfide) groups is 1. The molecule has 0 saturated carbocycles. The highest BCUT2D eigenvalue weighted by atomic mass is 35.5. The van der Waals surface area contributed by atoms with Crippen molar-refractivity contribution in [3.05, 3.63) is 23.9 Å². The molecule has 0 fully saturated rings. The van der Waals surface area contributed by atoms with Gasteiger partial charge in [0.25, 0.3) is 0 Å². The van der Waals surface area contributed by atoms with E-state index in [9.17, 15) is 8.78 Å². The van der Waals surface area contributed by atoms with Crippen molar-refractivity contribution in [1.82, 2.24) is 4.98 Å². The highest BCUT2D eigenvalue weighted by Crippen LogP contribution is 2.24. The summed E-state index contributed by atoms with van der Waals surface area (Å²) in [5.41, 5.74) is 0. The van der Waals surface area contributed by atoms with Crippen LogP contribution in [0, 0.1) is 11.6 Å². The third-order valence-corrected chi connectivity index (χ3v) is 3.04. The fourth-order valence-corrected chi connectivity index (χ4v) is 1.63. The number of aromatic nitrogens is 1. The second kappa shape index (κ2) is 4.77. The molecule has 0 aliphatic heterocycles. The molecule has 5 heteroatoms. The Balaban J connectivity index is 2.77. The van der Waals surface area contributed by atoms with Crippen molar-refractivity contribution in [2.24, 2.45) is 0 Å². The van der Waals surface area contributed by atoms with Crippen LogP contribution in [0.25, 0.3) is 0 Å². The lowest BCUT2D eigenvalue weighted by atomic mass is 10.5. The van der Waals surface area contributed by atoms with Crippen LogP contribution in [-0.2, 0) is 0 Å². The van der Waals surface area contributed by atoms with Crippen LogP contribution in [0.5, 0.6) is 0 Å². The van der Waals surface area contributed by atoms with Gasteiger partial charge in [-0.15, -0.1) is 11.6 Å². The Morgan fingerprint density at radius 3 is 2.85 bits per heavy atom. The van der Waals surface area contributed by atoms with Gasteiger partial charge in [0.15, 0.2) is 5.82 Å². The lowest BCUT2D eigenvalue weighted by Crippen LogP contribution is -1.99. The number of halogens is 3. The molecule has 0 bridgehead atoms. The standard InChI is InChI=1S/C8H8ClF2NS/c1-5(3-9)13-8-7(11)2-6(10)4-12-8/h2,4-5H,3H2,1H3. The van der Waals surface area contributed by atoms with Crippen molar-refractivity contribution >= 4 is 23.4 Å². The minimum atomic E-state index is -0.666. The van der Waals surface area contributed by atoms with E-state index < -0.39 is 11.6 Å². The molecule has 0 spiro atoms. The Labute approximate surface area is 84.5 Å². The molecule has 13 heavy (non-hydrogen) atoms. The van der Waals surface area contributed by atoms with Crippen LogP contribution >= 0.6 is 23.4 Å². The van der Waals surface area contributed by atoms with Gasteiger partial charge < -0.3 is 0 Å². The molecule has 0 aliphatic carbocycles. The van der Waals surface area contributed by atoms with E-state index in [0.29, 0.717) is 5.88 Å². The molecule has 0 amide bonds. The quantitative estimate of drug-likeness (QED) is 0.577. The third-order valence-electron chi connectivity index (χ3n) is 1.30. The van der Waals surface area contributed by atoms with Crippen molar-refractivity contribution in [2.45, 2.75) is 17.2 Å². The number of nitrogens with zero attached hydrogens (tertiary/aromatic N) is 1. The summed E-state index contributed by atoms with van der Waals surface area (Å²) in [7, 11) is 0. The maximum Gasteiger partial charge on any atom is 0.158 e. The third kappa shape index (κ3) is 3.12. The molecule has 1 aromatic heterocycles. The Kier molecular flexibility index (Phi) is 3.93. The Bertz CT molecular complexity index is 295. The second-order valence-electron chi connectivity index (χ2n) is 2.52. The van der Waals surface area contributed by atoms with Crippen LogP contribution in [0.15, 0.2) is 17.3 Å². The van der Waals surface area contributed by atoms with Gasteiger partial charge in [-0.25, -0.2) is 13.8 Å². The number of hydrogen-bond donors (Lipinski definition) is 0. The van der Waals surface area contributed by atoms with Gasteiger partial charge >= 0.3 is 0 Å². The molecule has 0 N–H and O–H groups in total. The first-order chi connectivity index (χ1) is 6.13. The molecule has 0 aliphatic rings. The van der Waals surface area contributed by atoms with Crippen LogP contribution in [-0.4, -0.2) is 16.1 Å². The van der Waals surface area contributed by atoms with E-state index in [0.717, 1.165) is 12.3 Å². The van der Waals surface area contributed by atoms with Gasteiger partial charge in [-0.2, -0.15) is 0 Å². The zero-order valence-electron chi connectivity index (χ0n) is 6.93. The van der Waals surface area contributed by atoms with Crippen molar-refractivity contribution in [1.29, 1.82) is 0 Å². The van der Waals surface area contributed by atoms with Crippen LogP contribution in [0.1, 0.15) is 6.92 Å². The normalized spacial score (nSPS) is 12.9. The van der Waals surface area contributed by atoms with Gasteiger partial charge in [-0.1, -0.05) is 18.7 Å². The predicted molar refractivity (Wildman–Crippen MR) is 50.2 cm³/mol. The average Bonchev–Trinajstić information content (AvgIpc) is 2.09. The first kappa shape index (κ1) is 10.7. The maximum absolute atomic E-state index is 13.0. The summed E-state index contributed by atoms with van der Waals surface area (Å²) >= 11 is 6.73. The van der Waals surface area contributed by atoms with E-state index in [1.165, 1.54) is 11.8 Å². The molecule has 1 unspecified atom stereocenters. The molecule has 1 aromatic rings. The minimum absolute atomic E-state index is 0.0640. The first-order valence-corrected chi connectivity index (χ1v) is 5.08. The smallest absolute Gasteiger partial charge is 0.158 e. The zero-order chi connectivity index (χ0) is 9.84. The topological polar surface area (TPSA) is 12.9 Å². The molecule has 72 valence electrons. The highest BCUT2D eigenvalue weighted by molar-refractivity contribution is 7.99. The fourth-order valence-electron chi connectivity index (χ4n) is 0.711. The van der Waals surface area contributed by atoms with E-state index in [1.807, 2.05) is 6.92 Å². The van der Waals surface area contributed by atoms with Crippen LogP contribution < -0.4 is 0 Å². The summed E-state index contributed by atoms with van der Waals surface area (Å²) in [5, 5.41) is 0.253. The van der Waals surface area contributed by atoms with Gasteiger partial charge in [-0.05, 0) is 0 Å². The molecule has 1 rings (SSSR count). The lowest BCUT2D eigenvalue weighted by molar-refractivity contribution is 0.548. The molecule has 0 radical (unpaired) electrons. The van der Waals surface area contributed by atoms with Crippen molar-refractivity contribution in [3.63, 3.8) is 0 Å². The van der Waals surface area contributed by atoms with Crippen LogP contribution in [0.2, 0.25) is 0 Å². The van der Waals surface area contributed by atoms with Crippen molar-refractivity contribution in [2.75, 3.05) is 5.88 Å². The summed E-state index contributed by atoms with van der Waals surface area (Å²) in [5.74, 6) is -0.897. The number of hydrogen-bond acceptors (Lipinski definition) is 2. The number of rotatable bonds is 3. The van der Waals surface area contributed by atoms with Gasteiger partial charge in [0.2, 0.25) is 0 Å². The minimum Gasteiger partial charge on any atom is -0.244 e. The summed E-state index contributed by atoms with van der Waals surface area (Å²) < 4.78 is 25.4. The summed E-state index contributed by atoms with van der Waals surface area (Å²) in [4.78, 5) is 3.62. The Morgan fingerprint density at radius 1 is 1.62 bits per heavy atom. The highest BCUT2D eigenvalue weighted by Gasteiger charge is 2.09. The molecule has 1 atom stereocenters. The van der Waals surface area contributed by atoms with E-state index >= 15 is 0 Å². The lowest BCUT2D eigenvalue weighted by Gasteiger charge is -2.06. The molecule has 0 aromatic carbocycles. The largest absolute Gasteiger partial charge is 0.244 e. The van der Waals surface area contributed by atoms with E-state index in [1.54, 1.807) is 0 Å². The Morgan fingerprint density at radius 2 is 2.31 bits per heavy atom. The number of pyridine rings is 1. The SMILES string of the molecule is CC(CCl)Sc1ncc(F)cc1F. The molecule has 0 saturated heterocycles. The summed E-state index contributed by atoms with van der Waals surface area (Å²) in [6.45, 7) is 1.85. The van der Waals surface area contributed by atoms with Gasteiger partial charge in [0, 0.05) is 17.2 Å². The molecule has 1 heterocycles. The van der Waals surface area contributed by atoms with Crippen LogP contribution in [0.3, 0.4) is 0 Å². The summed E-state index contributed by atoms with van der Waals surface area (Å²) in [6, 6.07) is 0.816. The molecular formula is C8H8ClF2NS. The van der Waals surface area contributed by atoms with Gasteiger partial charge in [0.1, 0.15) is 10.8 Å². The van der Waals surface area contributed by atoms with Gasteiger partial charge in [0.05, 0.1) is 6.20 Å². The predicted octanol–water partition coefficient (Wildman–Crippen LogP) is 3.08. The van der Waals surface area contributed by atoms with E-state index in [4.69, 9.17) is 11.6 Å². The fraction of sp³-hybridized carbons (Fsp3) is 0.375. The summed E-state index contributed by atoms with van der Waals surface area (Å²) in [6.07, 6.45) is 0.992. The van der Waals surface area contributed by atoms with Crippen molar-refractivity contribution in [3.8, 4) is 0 Å². The second-order valence-corrected chi connectivity index (χ2v) is 4.26. The molecular weight excluding hydrogens is 216 g/mol. The average molecular weight is 224 g/mol. The van der Waals surface area contributed by atoms with E-state index in [-0.39, 0.29) is 10.3 Å². The van der Waals surface area contributed by atoms with Crippen LogP contribution in [0.4, 0.5) is 8.78 Å². The van der Waals surface area contributed by atoms with Crippen molar-refractivity contribution < 1.29 is 8.78 Å². The van der Waals surface area contributed by atoms with E-state index in [2.05, 4.69) is 4.98 Å². The van der Waals surface area contributed by atoms with Gasteiger partial charge in [-0.3, -0.25) is 0 Å². The molecule has 1 nitrogen and oxygen atoms in total. The number of alkyl halides is 1. The maximum atomic E-state index is 13.0. The first-order valence-electron chi connectivity index (χ1n) is 3.67. The zero-order valence-corrected chi connectivity index (χ0v) is 8.50. The Hall–Kier alpha value is -0.350. The monoisotopic (exact) mass is 223 g/mol.